The second-order valence-corrected chi connectivity index (χ2v) is 5.59. The predicted molar refractivity (Wildman–Crippen MR) is 79.3 cm³/mol. The zero-order valence-corrected chi connectivity index (χ0v) is 12.6. The van der Waals surface area contributed by atoms with Gasteiger partial charge >= 0.3 is 0 Å². The lowest BCUT2D eigenvalue weighted by Gasteiger charge is -2.16. The maximum absolute atomic E-state index is 12.0. The first-order valence-corrected chi connectivity index (χ1v) is 7.16. The molecule has 6 heteroatoms. The Kier molecular flexibility index (Phi) is 5.27. The van der Waals surface area contributed by atoms with Gasteiger partial charge in [-0.2, -0.15) is 0 Å². The highest BCUT2D eigenvalue weighted by Crippen LogP contribution is 2.19. The SMILES string of the molecule is CN(C)CCNC(=O)[C@H]1CC(=O)N(Cc2ccccn2)C1. The average Bonchev–Trinajstić information content (AvgIpc) is 2.81. The van der Waals surface area contributed by atoms with Gasteiger partial charge in [-0.3, -0.25) is 14.6 Å². The molecule has 1 aromatic heterocycles. The minimum atomic E-state index is -0.247. The summed E-state index contributed by atoms with van der Waals surface area (Å²) in [7, 11) is 3.92. The van der Waals surface area contributed by atoms with E-state index in [-0.39, 0.29) is 17.7 Å². The minimum Gasteiger partial charge on any atom is -0.355 e. The second-order valence-electron chi connectivity index (χ2n) is 5.59. The lowest BCUT2D eigenvalue weighted by Crippen LogP contribution is -2.36. The topological polar surface area (TPSA) is 65.5 Å². The zero-order chi connectivity index (χ0) is 15.2. The summed E-state index contributed by atoms with van der Waals surface area (Å²) >= 11 is 0. The highest BCUT2D eigenvalue weighted by molar-refractivity contribution is 5.89. The van der Waals surface area contributed by atoms with Crippen molar-refractivity contribution in [3.63, 3.8) is 0 Å². The molecule has 2 amide bonds. The summed E-state index contributed by atoms with van der Waals surface area (Å²) in [6, 6.07) is 5.63. The Morgan fingerprint density at radius 2 is 2.29 bits per heavy atom. The average molecular weight is 290 g/mol. The molecule has 0 saturated carbocycles. The number of nitrogens with zero attached hydrogens (tertiary/aromatic N) is 3. The van der Waals surface area contributed by atoms with Crippen molar-refractivity contribution in [3.8, 4) is 0 Å². The van der Waals surface area contributed by atoms with Gasteiger partial charge in [-0.25, -0.2) is 0 Å². The summed E-state index contributed by atoms with van der Waals surface area (Å²) in [5, 5.41) is 2.89. The van der Waals surface area contributed by atoms with Gasteiger partial charge in [-0.05, 0) is 26.2 Å². The smallest absolute Gasteiger partial charge is 0.225 e. The van der Waals surface area contributed by atoms with Crippen LogP contribution in [0.2, 0.25) is 0 Å². The van der Waals surface area contributed by atoms with Crippen LogP contribution in [0.15, 0.2) is 24.4 Å². The molecule has 1 aliphatic heterocycles. The lowest BCUT2D eigenvalue weighted by atomic mass is 10.1. The third kappa shape index (κ3) is 4.53. The van der Waals surface area contributed by atoms with Gasteiger partial charge in [0.2, 0.25) is 11.8 Å². The van der Waals surface area contributed by atoms with Crippen LogP contribution in [-0.4, -0.2) is 60.3 Å². The van der Waals surface area contributed by atoms with E-state index in [9.17, 15) is 9.59 Å². The highest BCUT2D eigenvalue weighted by Gasteiger charge is 2.34. The molecule has 21 heavy (non-hydrogen) atoms. The fourth-order valence-electron chi connectivity index (χ4n) is 2.33. The molecule has 1 fully saturated rings. The van der Waals surface area contributed by atoms with E-state index < -0.39 is 0 Å². The van der Waals surface area contributed by atoms with E-state index in [1.165, 1.54) is 0 Å². The summed E-state index contributed by atoms with van der Waals surface area (Å²) in [6.45, 7) is 2.35. The van der Waals surface area contributed by atoms with Crippen LogP contribution in [0.1, 0.15) is 12.1 Å². The molecule has 2 heterocycles. The van der Waals surface area contributed by atoms with Crippen molar-refractivity contribution < 1.29 is 9.59 Å². The fourth-order valence-corrected chi connectivity index (χ4v) is 2.33. The van der Waals surface area contributed by atoms with E-state index in [1.807, 2.05) is 37.2 Å². The van der Waals surface area contributed by atoms with E-state index in [4.69, 9.17) is 0 Å². The number of carbonyl (C=O) groups is 2. The molecule has 0 radical (unpaired) electrons. The van der Waals surface area contributed by atoms with Gasteiger partial charge in [0.1, 0.15) is 0 Å². The van der Waals surface area contributed by atoms with Crippen LogP contribution in [0.3, 0.4) is 0 Å². The third-order valence-electron chi connectivity index (χ3n) is 3.52. The largest absolute Gasteiger partial charge is 0.355 e. The van der Waals surface area contributed by atoms with Crippen LogP contribution in [-0.2, 0) is 16.1 Å². The molecule has 0 aromatic carbocycles. The van der Waals surface area contributed by atoms with Gasteiger partial charge in [-0.15, -0.1) is 0 Å². The number of likely N-dealkylation sites (tertiary alicyclic amines) is 1. The van der Waals surface area contributed by atoms with Crippen molar-refractivity contribution >= 4 is 11.8 Å². The van der Waals surface area contributed by atoms with Crippen molar-refractivity contribution in [3.05, 3.63) is 30.1 Å². The molecule has 0 unspecified atom stereocenters. The highest BCUT2D eigenvalue weighted by atomic mass is 16.2. The first kappa shape index (κ1) is 15.4. The van der Waals surface area contributed by atoms with Gasteiger partial charge in [0.15, 0.2) is 0 Å². The maximum Gasteiger partial charge on any atom is 0.225 e. The second kappa shape index (κ2) is 7.17. The Balaban J connectivity index is 1.83. The summed E-state index contributed by atoms with van der Waals surface area (Å²) in [6.07, 6.45) is 2.00. The molecular formula is C15H22N4O2. The third-order valence-corrected chi connectivity index (χ3v) is 3.52. The number of amides is 2. The standard InChI is InChI=1S/C15H22N4O2/c1-18(2)8-7-17-15(21)12-9-14(20)19(10-12)11-13-5-3-4-6-16-13/h3-6,12H,7-11H2,1-2H3,(H,17,21)/t12-/m0/s1. The molecule has 1 saturated heterocycles. The van der Waals surface area contributed by atoms with E-state index in [1.54, 1.807) is 11.1 Å². The van der Waals surface area contributed by atoms with Crippen LogP contribution in [0.25, 0.3) is 0 Å². The quantitative estimate of drug-likeness (QED) is 0.807. The number of carbonyl (C=O) groups excluding carboxylic acids is 2. The Hall–Kier alpha value is -1.95. The first-order valence-electron chi connectivity index (χ1n) is 7.16. The molecule has 1 aromatic rings. The van der Waals surface area contributed by atoms with E-state index >= 15 is 0 Å². The van der Waals surface area contributed by atoms with Crippen LogP contribution in [0, 0.1) is 5.92 Å². The van der Waals surface area contributed by atoms with E-state index in [2.05, 4.69) is 10.3 Å². The number of hydrogen-bond donors (Lipinski definition) is 1. The van der Waals surface area contributed by atoms with Gasteiger partial charge < -0.3 is 15.1 Å². The van der Waals surface area contributed by atoms with Gasteiger partial charge in [0.05, 0.1) is 18.2 Å². The first-order chi connectivity index (χ1) is 10.1. The number of rotatable bonds is 6. The minimum absolute atomic E-state index is 0.0217. The molecular weight excluding hydrogens is 268 g/mol. The van der Waals surface area contributed by atoms with E-state index in [0.29, 0.717) is 26.1 Å². The molecule has 2 rings (SSSR count). The molecule has 0 spiro atoms. The van der Waals surface area contributed by atoms with Crippen LogP contribution >= 0.6 is 0 Å². The Bertz CT molecular complexity index is 490. The molecule has 0 bridgehead atoms. The van der Waals surface area contributed by atoms with Crippen molar-refractivity contribution in [1.29, 1.82) is 0 Å². The zero-order valence-electron chi connectivity index (χ0n) is 12.6. The number of nitrogens with one attached hydrogen (secondary N) is 1. The van der Waals surface area contributed by atoms with Crippen LogP contribution in [0.5, 0.6) is 0 Å². The molecule has 1 N–H and O–H groups in total. The fraction of sp³-hybridized carbons (Fsp3) is 0.533. The molecule has 0 aliphatic carbocycles. The van der Waals surface area contributed by atoms with Gasteiger partial charge in [0.25, 0.3) is 0 Å². The normalized spacial score (nSPS) is 18.3. The Morgan fingerprint density at radius 1 is 1.48 bits per heavy atom. The van der Waals surface area contributed by atoms with Crippen molar-refractivity contribution in [2.45, 2.75) is 13.0 Å². The van der Waals surface area contributed by atoms with Crippen molar-refractivity contribution in [2.24, 2.45) is 5.92 Å². The molecule has 6 nitrogen and oxygen atoms in total. The van der Waals surface area contributed by atoms with Gasteiger partial charge in [-0.1, -0.05) is 6.07 Å². The molecule has 1 atom stereocenters. The number of likely N-dealkylation sites (N-methyl/N-ethyl adjacent to an activating group) is 1. The molecule has 1 aliphatic rings. The Morgan fingerprint density at radius 3 is 2.95 bits per heavy atom. The van der Waals surface area contributed by atoms with Gasteiger partial charge in [0, 0.05) is 32.3 Å². The number of aromatic nitrogens is 1. The lowest BCUT2D eigenvalue weighted by molar-refractivity contribution is -0.129. The van der Waals surface area contributed by atoms with Crippen LogP contribution < -0.4 is 5.32 Å². The van der Waals surface area contributed by atoms with Crippen LogP contribution in [0.4, 0.5) is 0 Å². The Labute approximate surface area is 125 Å². The van der Waals surface area contributed by atoms with Crippen molar-refractivity contribution in [1.82, 2.24) is 20.1 Å². The summed E-state index contributed by atoms with van der Waals surface area (Å²) in [5.74, 6) is -0.259. The summed E-state index contributed by atoms with van der Waals surface area (Å²) in [5.41, 5.74) is 0.847. The molecule has 114 valence electrons. The maximum atomic E-state index is 12.0. The monoisotopic (exact) mass is 290 g/mol. The number of hydrogen-bond acceptors (Lipinski definition) is 4. The summed E-state index contributed by atoms with van der Waals surface area (Å²) in [4.78, 5) is 32.0. The van der Waals surface area contributed by atoms with E-state index in [0.717, 1.165) is 12.2 Å². The predicted octanol–water partition coefficient (Wildman–Crippen LogP) is 0.108. The summed E-state index contributed by atoms with van der Waals surface area (Å²) < 4.78 is 0. The van der Waals surface area contributed by atoms with Crippen molar-refractivity contribution in [2.75, 3.05) is 33.7 Å². The number of pyridine rings is 1.